The van der Waals surface area contributed by atoms with Crippen LogP contribution in [0.2, 0.25) is 0 Å². The molecule has 5 rings (SSSR count). The Hall–Kier alpha value is -4.25. The largest absolute Gasteiger partial charge is 0.493 e. The van der Waals surface area contributed by atoms with Crippen LogP contribution in [0.5, 0.6) is 23.1 Å². The molecule has 1 aliphatic carbocycles. The molecule has 0 bridgehead atoms. The predicted octanol–water partition coefficient (Wildman–Crippen LogP) is 4.32. The van der Waals surface area contributed by atoms with Crippen molar-refractivity contribution in [1.82, 2.24) is 19.9 Å². The second kappa shape index (κ2) is 10.2. The molecule has 0 atom stereocenters. The molecule has 2 aromatic carbocycles. The van der Waals surface area contributed by atoms with E-state index in [1.54, 1.807) is 60.9 Å². The molecule has 2 heterocycles. The van der Waals surface area contributed by atoms with Crippen molar-refractivity contribution in [3.05, 3.63) is 73.1 Å². The van der Waals surface area contributed by atoms with Gasteiger partial charge in [0.1, 0.15) is 0 Å². The number of anilines is 1. The fourth-order valence-electron chi connectivity index (χ4n) is 3.28. The molecule has 0 radical (unpaired) electrons. The van der Waals surface area contributed by atoms with Crippen LogP contribution in [0.1, 0.15) is 12.8 Å². The summed E-state index contributed by atoms with van der Waals surface area (Å²) in [6.45, 7) is 0.402. The lowest BCUT2D eigenvalue weighted by molar-refractivity contribution is 0.273. The first kappa shape index (κ1) is 23.5. The van der Waals surface area contributed by atoms with Crippen LogP contribution in [-0.2, 0) is 10.0 Å². The number of sulfonamides is 1. The molecule has 2 aromatic heterocycles. The predicted molar refractivity (Wildman–Crippen MR) is 132 cm³/mol. The molecular formula is C25H23N5O5S. The maximum Gasteiger partial charge on any atom is 0.263 e. The number of methoxy groups -OCH3 is 1. The summed E-state index contributed by atoms with van der Waals surface area (Å²) < 4.78 is 46.6. The van der Waals surface area contributed by atoms with Crippen molar-refractivity contribution < 1.29 is 22.6 Å². The highest BCUT2D eigenvalue weighted by atomic mass is 32.2. The second-order valence-corrected chi connectivity index (χ2v) is 9.71. The Kier molecular flexibility index (Phi) is 6.63. The zero-order valence-electron chi connectivity index (χ0n) is 19.4. The van der Waals surface area contributed by atoms with E-state index in [9.17, 15) is 8.42 Å². The molecule has 10 nitrogen and oxygen atoms in total. The van der Waals surface area contributed by atoms with Crippen LogP contribution < -0.4 is 18.9 Å². The lowest BCUT2D eigenvalue weighted by Crippen LogP contribution is -2.16. The highest BCUT2D eigenvalue weighted by Gasteiger charge is 2.28. The van der Waals surface area contributed by atoms with Crippen LogP contribution in [0.25, 0.3) is 11.6 Å². The van der Waals surface area contributed by atoms with Gasteiger partial charge in [0.25, 0.3) is 15.9 Å². The van der Waals surface area contributed by atoms with Gasteiger partial charge in [0.15, 0.2) is 23.1 Å². The van der Waals surface area contributed by atoms with E-state index >= 15 is 0 Å². The van der Waals surface area contributed by atoms with E-state index in [2.05, 4.69) is 24.7 Å². The maximum atomic E-state index is 13.2. The highest BCUT2D eigenvalue weighted by Crippen LogP contribution is 2.42. The first-order valence-corrected chi connectivity index (χ1v) is 12.7. The SMILES string of the molecule is COc1ccccc1Oc1c(NS(=O)(=O)c2ccccc2)nc(-c2ncccn2)nc1OCC1CC1. The standard InChI is InChI=1S/C25H23N5O5S/c1-33-19-10-5-6-11-20(19)35-21-22(30-36(31,32)18-8-3-2-4-9-18)28-24(23-26-14-7-15-27-23)29-25(21)34-16-17-12-13-17/h2-11,14-15,17H,12-13,16H2,1H3,(H,28,29,30). The molecule has 0 unspecified atom stereocenters. The van der Waals surface area contributed by atoms with Crippen molar-refractivity contribution in [1.29, 1.82) is 0 Å². The summed E-state index contributed by atoms with van der Waals surface area (Å²) in [4.78, 5) is 17.4. The first-order chi connectivity index (χ1) is 17.5. The number of benzene rings is 2. The number of hydrogen-bond acceptors (Lipinski definition) is 9. The minimum absolute atomic E-state index is 0.000614. The van der Waals surface area contributed by atoms with Gasteiger partial charge < -0.3 is 14.2 Å². The van der Waals surface area contributed by atoms with E-state index < -0.39 is 10.0 Å². The number of nitrogens with zero attached hydrogens (tertiary/aromatic N) is 4. The smallest absolute Gasteiger partial charge is 0.263 e. The molecule has 36 heavy (non-hydrogen) atoms. The van der Waals surface area contributed by atoms with Gasteiger partial charge in [-0.05, 0) is 49.1 Å². The van der Waals surface area contributed by atoms with E-state index in [4.69, 9.17) is 14.2 Å². The summed E-state index contributed by atoms with van der Waals surface area (Å²) in [7, 11) is -2.51. The normalized spacial score (nSPS) is 13.1. The average Bonchev–Trinajstić information content (AvgIpc) is 3.74. The maximum absolute atomic E-state index is 13.2. The van der Waals surface area contributed by atoms with Gasteiger partial charge in [-0.25, -0.2) is 23.4 Å². The van der Waals surface area contributed by atoms with Gasteiger partial charge in [0, 0.05) is 12.4 Å². The van der Waals surface area contributed by atoms with Crippen LogP contribution in [-0.4, -0.2) is 42.1 Å². The molecule has 0 amide bonds. The summed E-state index contributed by atoms with van der Waals surface area (Å²) >= 11 is 0. The molecule has 0 saturated heterocycles. The quantitative estimate of drug-likeness (QED) is 0.335. The zero-order valence-corrected chi connectivity index (χ0v) is 20.2. The van der Waals surface area contributed by atoms with Crippen LogP contribution in [0, 0.1) is 5.92 Å². The third-order valence-corrected chi connectivity index (χ3v) is 6.67. The minimum Gasteiger partial charge on any atom is -0.493 e. The van der Waals surface area contributed by atoms with Gasteiger partial charge in [-0.2, -0.15) is 4.98 Å². The van der Waals surface area contributed by atoms with Crippen molar-refractivity contribution in [3.63, 3.8) is 0 Å². The summed E-state index contributed by atoms with van der Waals surface area (Å²) in [6.07, 6.45) is 5.19. The Morgan fingerprint density at radius 1 is 0.889 bits per heavy atom. The van der Waals surface area contributed by atoms with Crippen LogP contribution in [0.15, 0.2) is 78.0 Å². The van der Waals surface area contributed by atoms with Crippen molar-refractivity contribution >= 4 is 15.8 Å². The fraction of sp³-hybridized carbons (Fsp3) is 0.200. The molecule has 1 fully saturated rings. The Morgan fingerprint density at radius 3 is 2.28 bits per heavy atom. The Labute approximate surface area is 208 Å². The average molecular weight is 506 g/mol. The number of aromatic nitrogens is 4. The van der Waals surface area contributed by atoms with Gasteiger partial charge in [-0.1, -0.05) is 30.3 Å². The van der Waals surface area contributed by atoms with E-state index in [0.29, 0.717) is 24.0 Å². The van der Waals surface area contributed by atoms with E-state index in [1.165, 1.54) is 19.2 Å². The van der Waals surface area contributed by atoms with Gasteiger partial charge in [-0.15, -0.1) is 0 Å². The third kappa shape index (κ3) is 5.36. The molecule has 11 heteroatoms. The minimum atomic E-state index is -4.03. The fourth-order valence-corrected chi connectivity index (χ4v) is 4.31. The van der Waals surface area contributed by atoms with Gasteiger partial charge in [-0.3, -0.25) is 4.72 Å². The second-order valence-electron chi connectivity index (χ2n) is 8.03. The number of hydrogen-bond donors (Lipinski definition) is 1. The van der Waals surface area contributed by atoms with E-state index in [1.807, 2.05) is 0 Å². The molecule has 4 aromatic rings. The molecule has 1 aliphatic rings. The van der Waals surface area contributed by atoms with Gasteiger partial charge >= 0.3 is 0 Å². The van der Waals surface area contributed by atoms with Gasteiger partial charge in [0.2, 0.25) is 11.6 Å². The molecular weight excluding hydrogens is 482 g/mol. The summed E-state index contributed by atoms with van der Waals surface area (Å²) in [6, 6.07) is 16.6. The topological polar surface area (TPSA) is 125 Å². The Bertz CT molecular complexity index is 1450. The summed E-state index contributed by atoms with van der Waals surface area (Å²) in [5.41, 5.74) is 0. The monoisotopic (exact) mass is 505 g/mol. The molecule has 0 aliphatic heterocycles. The molecule has 1 saturated carbocycles. The van der Waals surface area contributed by atoms with Crippen molar-refractivity contribution in [2.75, 3.05) is 18.4 Å². The Morgan fingerprint density at radius 2 is 1.58 bits per heavy atom. The van der Waals surface area contributed by atoms with Crippen LogP contribution >= 0.6 is 0 Å². The lowest BCUT2D eigenvalue weighted by Gasteiger charge is -2.18. The van der Waals surface area contributed by atoms with Crippen LogP contribution in [0.4, 0.5) is 5.82 Å². The van der Waals surface area contributed by atoms with E-state index in [0.717, 1.165) is 12.8 Å². The number of ether oxygens (including phenoxy) is 3. The van der Waals surface area contributed by atoms with Crippen LogP contribution in [0.3, 0.4) is 0 Å². The third-order valence-electron chi connectivity index (χ3n) is 5.32. The highest BCUT2D eigenvalue weighted by molar-refractivity contribution is 7.92. The van der Waals surface area contributed by atoms with Crippen molar-refractivity contribution in [2.24, 2.45) is 5.92 Å². The zero-order chi connectivity index (χ0) is 25.0. The summed E-state index contributed by atoms with van der Waals surface area (Å²) in [5.74, 6) is 1.42. The van der Waals surface area contributed by atoms with Crippen molar-refractivity contribution in [3.8, 4) is 34.8 Å². The van der Waals surface area contributed by atoms with Crippen molar-refractivity contribution in [2.45, 2.75) is 17.7 Å². The number of para-hydroxylation sites is 2. The molecule has 1 N–H and O–H groups in total. The number of rotatable bonds is 10. The summed E-state index contributed by atoms with van der Waals surface area (Å²) in [5, 5.41) is 0. The lowest BCUT2D eigenvalue weighted by atomic mass is 10.3. The van der Waals surface area contributed by atoms with E-state index in [-0.39, 0.29) is 34.0 Å². The van der Waals surface area contributed by atoms with Gasteiger partial charge in [0.05, 0.1) is 18.6 Å². The number of nitrogens with one attached hydrogen (secondary N) is 1. The molecule has 0 spiro atoms. The first-order valence-electron chi connectivity index (χ1n) is 11.2. The molecule has 184 valence electrons. The Balaban J connectivity index is 1.64.